The highest BCUT2D eigenvalue weighted by molar-refractivity contribution is 5.78. The van der Waals surface area contributed by atoms with E-state index in [1.54, 1.807) is 0 Å². The minimum atomic E-state index is -0.153. The first-order valence-electron chi connectivity index (χ1n) is 9.35. The molecule has 2 aromatic rings. The van der Waals surface area contributed by atoms with Crippen molar-refractivity contribution in [2.24, 2.45) is 0 Å². The summed E-state index contributed by atoms with van der Waals surface area (Å²) in [6.07, 6.45) is 0. The van der Waals surface area contributed by atoms with Gasteiger partial charge >= 0.3 is 0 Å². The molecule has 2 rings (SSSR count). The highest BCUT2D eigenvalue weighted by Gasteiger charge is 2.27. The standard InChI is InChI=1S/C24H34O2/c1-13-11-17(12-18(21(13)25)23(5,6)7)19-14(2)15(3)22(26)20(16(19)4)24(8,9)10/h11-12,25-26H,1-10H3. The van der Waals surface area contributed by atoms with Gasteiger partial charge in [-0.15, -0.1) is 0 Å². The molecular weight excluding hydrogens is 320 g/mol. The van der Waals surface area contributed by atoms with Gasteiger partial charge in [0.05, 0.1) is 0 Å². The second-order valence-electron chi connectivity index (χ2n) is 9.66. The van der Waals surface area contributed by atoms with Gasteiger partial charge in [0, 0.05) is 11.1 Å². The fourth-order valence-corrected chi connectivity index (χ4v) is 3.98. The lowest BCUT2D eigenvalue weighted by molar-refractivity contribution is 0.440. The van der Waals surface area contributed by atoms with Gasteiger partial charge in [-0.05, 0) is 84.0 Å². The molecule has 0 fully saturated rings. The van der Waals surface area contributed by atoms with Crippen LogP contribution in [-0.4, -0.2) is 10.2 Å². The molecule has 2 heteroatoms. The Kier molecular flexibility index (Phi) is 4.96. The van der Waals surface area contributed by atoms with E-state index in [4.69, 9.17) is 0 Å². The average Bonchev–Trinajstić information content (AvgIpc) is 2.46. The molecule has 0 aliphatic rings. The summed E-state index contributed by atoms with van der Waals surface area (Å²) in [5, 5.41) is 21.4. The van der Waals surface area contributed by atoms with Gasteiger partial charge in [0.1, 0.15) is 11.5 Å². The first kappa shape index (κ1) is 20.4. The van der Waals surface area contributed by atoms with Gasteiger partial charge in [-0.1, -0.05) is 41.5 Å². The van der Waals surface area contributed by atoms with E-state index in [0.717, 1.165) is 38.9 Å². The third kappa shape index (κ3) is 3.34. The van der Waals surface area contributed by atoms with Crippen LogP contribution in [-0.2, 0) is 10.8 Å². The van der Waals surface area contributed by atoms with Crippen molar-refractivity contribution in [3.8, 4) is 22.6 Å². The van der Waals surface area contributed by atoms with E-state index in [-0.39, 0.29) is 10.8 Å². The second-order valence-corrected chi connectivity index (χ2v) is 9.66. The van der Waals surface area contributed by atoms with E-state index in [9.17, 15) is 10.2 Å². The maximum Gasteiger partial charge on any atom is 0.122 e. The van der Waals surface area contributed by atoms with Crippen LogP contribution in [0.15, 0.2) is 12.1 Å². The van der Waals surface area contributed by atoms with Crippen LogP contribution in [0, 0.1) is 27.7 Å². The summed E-state index contributed by atoms with van der Waals surface area (Å²) >= 11 is 0. The Balaban J connectivity index is 2.95. The molecule has 0 atom stereocenters. The zero-order valence-electron chi connectivity index (χ0n) is 18.0. The molecule has 0 saturated heterocycles. The molecule has 0 amide bonds. The molecule has 2 N–H and O–H groups in total. The van der Waals surface area contributed by atoms with Crippen molar-refractivity contribution in [1.29, 1.82) is 0 Å². The van der Waals surface area contributed by atoms with Gasteiger partial charge in [0.15, 0.2) is 0 Å². The first-order valence-corrected chi connectivity index (χ1v) is 9.35. The number of aromatic hydroxyl groups is 2. The van der Waals surface area contributed by atoms with Crippen molar-refractivity contribution in [3.05, 3.63) is 45.5 Å². The predicted molar refractivity (Wildman–Crippen MR) is 112 cm³/mol. The lowest BCUT2D eigenvalue weighted by atomic mass is 9.76. The predicted octanol–water partition coefficient (Wildman–Crippen LogP) is 6.59. The van der Waals surface area contributed by atoms with Crippen molar-refractivity contribution in [3.63, 3.8) is 0 Å². The smallest absolute Gasteiger partial charge is 0.122 e. The average molecular weight is 355 g/mol. The molecule has 0 aromatic heterocycles. The minimum absolute atomic E-state index is 0.147. The highest BCUT2D eigenvalue weighted by atomic mass is 16.3. The SMILES string of the molecule is Cc1cc(-c2c(C)c(C)c(O)c(C(C)(C)C)c2C)cc(C(C)(C)C)c1O. The van der Waals surface area contributed by atoms with Crippen molar-refractivity contribution in [2.75, 3.05) is 0 Å². The summed E-state index contributed by atoms with van der Waals surface area (Å²) in [4.78, 5) is 0. The van der Waals surface area contributed by atoms with Gasteiger partial charge in [0.2, 0.25) is 0 Å². The van der Waals surface area contributed by atoms with E-state index in [1.165, 1.54) is 5.56 Å². The highest BCUT2D eigenvalue weighted by Crippen LogP contribution is 2.45. The largest absolute Gasteiger partial charge is 0.507 e. The molecule has 2 aromatic carbocycles. The molecule has 0 aliphatic carbocycles. The Morgan fingerprint density at radius 3 is 1.65 bits per heavy atom. The van der Waals surface area contributed by atoms with Crippen molar-refractivity contribution in [2.45, 2.75) is 80.1 Å². The van der Waals surface area contributed by atoms with Crippen LogP contribution < -0.4 is 0 Å². The topological polar surface area (TPSA) is 40.5 Å². The summed E-state index contributed by atoms with van der Waals surface area (Å²) < 4.78 is 0. The summed E-state index contributed by atoms with van der Waals surface area (Å²) in [5.41, 5.74) is 7.94. The lowest BCUT2D eigenvalue weighted by Gasteiger charge is -2.29. The van der Waals surface area contributed by atoms with Crippen LogP contribution >= 0.6 is 0 Å². The third-order valence-electron chi connectivity index (χ3n) is 5.43. The number of hydrogen-bond acceptors (Lipinski definition) is 2. The van der Waals surface area contributed by atoms with Gasteiger partial charge < -0.3 is 10.2 Å². The molecule has 0 aliphatic heterocycles. The van der Waals surface area contributed by atoms with Gasteiger partial charge in [-0.2, -0.15) is 0 Å². The molecule has 26 heavy (non-hydrogen) atoms. The van der Waals surface area contributed by atoms with E-state index in [1.807, 2.05) is 13.8 Å². The number of phenols is 2. The van der Waals surface area contributed by atoms with E-state index in [0.29, 0.717) is 11.5 Å². The monoisotopic (exact) mass is 354 g/mol. The van der Waals surface area contributed by atoms with Gasteiger partial charge in [0.25, 0.3) is 0 Å². The Labute approximate surface area is 158 Å². The van der Waals surface area contributed by atoms with Crippen LogP contribution in [0.1, 0.15) is 74.9 Å². The maximum absolute atomic E-state index is 10.8. The third-order valence-corrected chi connectivity index (χ3v) is 5.43. The molecule has 0 spiro atoms. The fraction of sp³-hybridized carbons (Fsp3) is 0.500. The Morgan fingerprint density at radius 2 is 1.19 bits per heavy atom. The zero-order valence-corrected chi connectivity index (χ0v) is 18.0. The summed E-state index contributed by atoms with van der Waals surface area (Å²) in [6, 6.07) is 4.17. The summed E-state index contributed by atoms with van der Waals surface area (Å²) in [7, 11) is 0. The Hall–Kier alpha value is -1.96. The molecule has 2 nitrogen and oxygen atoms in total. The van der Waals surface area contributed by atoms with Crippen molar-refractivity contribution in [1.82, 2.24) is 0 Å². The molecule has 0 heterocycles. The van der Waals surface area contributed by atoms with Crippen molar-refractivity contribution >= 4 is 0 Å². The van der Waals surface area contributed by atoms with Gasteiger partial charge in [-0.3, -0.25) is 0 Å². The zero-order chi connectivity index (χ0) is 20.2. The number of benzene rings is 2. The molecule has 142 valence electrons. The van der Waals surface area contributed by atoms with E-state index < -0.39 is 0 Å². The van der Waals surface area contributed by atoms with E-state index >= 15 is 0 Å². The number of phenolic OH excluding ortho intramolecular Hbond substituents is 2. The van der Waals surface area contributed by atoms with Crippen LogP contribution in [0.4, 0.5) is 0 Å². The molecule has 0 unspecified atom stereocenters. The van der Waals surface area contributed by atoms with Crippen LogP contribution in [0.5, 0.6) is 11.5 Å². The number of rotatable bonds is 1. The summed E-state index contributed by atoms with van der Waals surface area (Å²) in [6.45, 7) is 20.9. The van der Waals surface area contributed by atoms with Crippen molar-refractivity contribution < 1.29 is 10.2 Å². The Morgan fingerprint density at radius 1 is 0.654 bits per heavy atom. The molecule has 0 radical (unpaired) electrons. The lowest BCUT2D eigenvalue weighted by Crippen LogP contribution is -2.16. The molecule has 0 bridgehead atoms. The number of aryl methyl sites for hydroxylation is 1. The quantitative estimate of drug-likeness (QED) is 0.606. The van der Waals surface area contributed by atoms with E-state index in [2.05, 4.69) is 67.5 Å². The van der Waals surface area contributed by atoms with Crippen LogP contribution in [0.3, 0.4) is 0 Å². The maximum atomic E-state index is 10.8. The minimum Gasteiger partial charge on any atom is -0.507 e. The van der Waals surface area contributed by atoms with Crippen LogP contribution in [0.25, 0.3) is 11.1 Å². The normalized spacial score (nSPS) is 12.5. The fourth-order valence-electron chi connectivity index (χ4n) is 3.98. The number of hydrogen-bond donors (Lipinski definition) is 2. The van der Waals surface area contributed by atoms with Crippen LogP contribution in [0.2, 0.25) is 0 Å². The second kappa shape index (κ2) is 6.33. The van der Waals surface area contributed by atoms with Gasteiger partial charge in [-0.25, -0.2) is 0 Å². The molecule has 0 saturated carbocycles. The first-order chi connectivity index (χ1) is 11.7. The summed E-state index contributed by atoms with van der Waals surface area (Å²) in [5.74, 6) is 0.783. The molecular formula is C24H34O2. The Bertz CT molecular complexity index is 860.